The summed E-state index contributed by atoms with van der Waals surface area (Å²) in [6, 6.07) is 5.05. The van der Waals surface area contributed by atoms with E-state index in [1.807, 2.05) is 0 Å². The van der Waals surface area contributed by atoms with Crippen molar-refractivity contribution in [1.29, 1.82) is 0 Å². The first kappa shape index (κ1) is 22.8. The molecule has 1 nitrogen and oxygen atoms in total. The molecule has 0 fully saturated rings. The molecule has 11 heteroatoms. The van der Waals surface area contributed by atoms with E-state index in [1.54, 1.807) is 0 Å². The minimum atomic E-state index is -6.43. The number of alkyl halides is 10. The lowest BCUT2D eigenvalue weighted by Crippen LogP contribution is -2.50. The van der Waals surface area contributed by atoms with E-state index in [0.717, 1.165) is 38.1 Å². The lowest BCUT2D eigenvalue weighted by atomic mass is 9.83. The highest BCUT2D eigenvalue weighted by atomic mass is 19.4. The van der Waals surface area contributed by atoms with Crippen molar-refractivity contribution < 1.29 is 48.6 Å². The molecule has 0 heterocycles. The Kier molecular flexibility index (Phi) is 5.59. The number of hydrogen-bond acceptors (Lipinski definition) is 1. The Bertz CT molecular complexity index is 879. The molecule has 0 saturated carbocycles. The number of para-hydroxylation sites is 1. The van der Waals surface area contributed by atoms with Crippen molar-refractivity contribution in [2.75, 3.05) is 0 Å². The Morgan fingerprint density at radius 1 is 0.724 bits per heavy atom. The van der Waals surface area contributed by atoms with E-state index in [0.29, 0.717) is 12.1 Å². The molecule has 2 aromatic rings. The standard InChI is InChI=1S/C18H12F10O/c1-9-7-10(2)14(11-5-3-4-6-13(11)29-18(26,27)28)12(8-9)15(19,16(20,21)22)17(23,24)25/h3-8H,1-2H3. The third kappa shape index (κ3) is 4.27. The summed E-state index contributed by atoms with van der Waals surface area (Å²) in [5.41, 5.74) is -9.90. The highest BCUT2D eigenvalue weighted by Crippen LogP contribution is 2.56. The third-order valence-corrected chi connectivity index (χ3v) is 4.01. The van der Waals surface area contributed by atoms with Gasteiger partial charge in [0.15, 0.2) is 0 Å². The first-order valence-electron chi connectivity index (χ1n) is 7.78. The molecule has 0 aliphatic heterocycles. The van der Waals surface area contributed by atoms with Crippen LogP contribution in [-0.2, 0) is 5.67 Å². The van der Waals surface area contributed by atoms with Crippen LogP contribution in [0.1, 0.15) is 16.7 Å². The van der Waals surface area contributed by atoms with Crippen molar-refractivity contribution in [2.24, 2.45) is 0 Å². The van der Waals surface area contributed by atoms with Crippen LogP contribution in [-0.4, -0.2) is 18.7 Å². The lowest BCUT2D eigenvalue weighted by molar-refractivity contribution is -0.348. The normalized spacial score (nSPS) is 13.5. The largest absolute Gasteiger partial charge is 0.573 e. The number of benzene rings is 2. The van der Waals surface area contributed by atoms with E-state index in [2.05, 4.69) is 4.74 Å². The molecule has 2 rings (SSSR count). The van der Waals surface area contributed by atoms with Gasteiger partial charge < -0.3 is 4.74 Å². The van der Waals surface area contributed by atoms with E-state index in [1.165, 1.54) is 0 Å². The minimum Gasteiger partial charge on any atom is -0.405 e. The monoisotopic (exact) mass is 434 g/mol. The van der Waals surface area contributed by atoms with Gasteiger partial charge in [0.2, 0.25) is 0 Å². The third-order valence-electron chi connectivity index (χ3n) is 4.01. The maximum Gasteiger partial charge on any atom is 0.573 e. The van der Waals surface area contributed by atoms with E-state index in [9.17, 15) is 43.9 Å². The number of rotatable bonds is 3. The molecule has 0 aromatic heterocycles. The average molecular weight is 434 g/mol. The summed E-state index contributed by atoms with van der Waals surface area (Å²) in [6.07, 6.45) is -18.1. The molecule has 0 unspecified atom stereocenters. The molecule has 0 bridgehead atoms. The fourth-order valence-electron chi connectivity index (χ4n) is 2.95. The predicted molar refractivity (Wildman–Crippen MR) is 82.9 cm³/mol. The second-order valence-corrected chi connectivity index (χ2v) is 6.20. The van der Waals surface area contributed by atoms with Gasteiger partial charge in [-0.25, -0.2) is 4.39 Å². The summed E-state index contributed by atoms with van der Waals surface area (Å²) >= 11 is 0. The van der Waals surface area contributed by atoms with Crippen LogP contribution in [0, 0.1) is 13.8 Å². The molecule has 0 aliphatic carbocycles. The Hall–Kier alpha value is -2.46. The van der Waals surface area contributed by atoms with Crippen LogP contribution < -0.4 is 4.74 Å². The van der Waals surface area contributed by atoms with Crippen LogP contribution in [0.15, 0.2) is 36.4 Å². The quantitative estimate of drug-likeness (QED) is 0.466. The molecule has 2 aromatic carbocycles. The second kappa shape index (κ2) is 7.10. The number of ether oxygens (including phenoxy) is 1. The van der Waals surface area contributed by atoms with Gasteiger partial charge in [-0.05, 0) is 31.0 Å². The fraction of sp³-hybridized carbons (Fsp3) is 0.333. The van der Waals surface area contributed by atoms with Crippen LogP contribution in [0.4, 0.5) is 43.9 Å². The first-order chi connectivity index (χ1) is 13.0. The van der Waals surface area contributed by atoms with Gasteiger partial charge >= 0.3 is 24.4 Å². The maximum absolute atomic E-state index is 14.8. The van der Waals surface area contributed by atoms with Crippen molar-refractivity contribution in [3.63, 3.8) is 0 Å². The van der Waals surface area contributed by atoms with Crippen LogP contribution in [0.2, 0.25) is 0 Å². The molecule has 0 aliphatic rings. The van der Waals surface area contributed by atoms with Crippen molar-refractivity contribution in [3.05, 3.63) is 53.1 Å². The molecule has 0 amide bonds. The molecule has 0 N–H and O–H groups in total. The molecule has 0 saturated heterocycles. The SMILES string of the molecule is Cc1cc(C)c(-c2ccccc2OC(F)(F)F)c(C(F)(C(F)(F)F)C(F)(F)F)c1. The summed E-state index contributed by atoms with van der Waals surface area (Å²) in [5.74, 6) is -1.07. The van der Waals surface area contributed by atoms with E-state index >= 15 is 0 Å². The van der Waals surface area contributed by atoms with Gasteiger partial charge in [0.25, 0.3) is 0 Å². The molecular formula is C18H12F10O. The van der Waals surface area contributed by atoms with Gasteiger partial charge in [-0.1, -0.05) is 35.9 Å². The Balaban J connectivity index is 2.95. The van der Waals surface area contributed by atoms with E-state index in [4.69, 9.17) is 0 Å². The average Bonchev–Trinajstić information content (AvgIpc) is 2.50. The zero-order valence-electron chi connectivity index (χ0n) is 14.7. The summed E-state index contributed by atoms with van der Waals surface area (Å²) in [4.78, 5) is 0. The molecule has 0 radical (unpaired) electrons. The lowest BCUT2D eigenvalue weighted by Gasteiger charge is -2.33. The number of hydrogen-bond donors (Lipinski definition) is 0. The van der Waals surface area contributed by atoms with E-state index < -0.39 is 46.8 Å². The van der Waals surface area contributed by atoms with Crippen molar-refractivity contribution in [3.8, 4) is 16.9 Å². The molecule has 29 heavy (non-hydrogen) atoms. The second-order valence-electron chi connectivity index (χ2n) is 6.20. The van der Waals surface area contributed by atoms with Crippen molar-refractivity contribution in [2.45, 2.75) is 38.2 Å². The topological polar surface area (TPSA) is 9.23 Å². The molecule has 0 atom stereocenters. The maximum atomic E-state index is 14.8. The predicted octanol–water partition coefficient (Wildman–Crippen LogP) is 7.16. The zero-order chi connectivity index (χ0) is 22.4. The van der Waals surface area contributed by atoms with Gasteiger partial charge in [0.05, 0.1) is 0 Å². The van der Waals surface area contributed by atoms with Crippen molar-refractivity contribution in [1.82, 2.24) is 0 Å². The van der Waals surface area contributed by atoms with Gasteiger partial charge in [-0.3, -0.25) is 0 Å². The first-order valence-corrected chi connectivity index (χ1v) is 7.78. The fourth-order valence-corrected chi connectivity index (χ4v) is 2.95. The van der Waals surface area contributed by atoms with Gasteiger partial charge in [0, 0.05) is 11.1 Å². The summed E-state index contributed by atoms with van der Waals surface area (Å²) < 4.78 is 136. The van der Waals surface area contributed by atoms with Gasteiger partial charge in [0.1, 0.15) is 5.75 Å². The van der Waals surface area contributed by atoms with Gasteiger partial charge in [-0.15, -0.1) is 13.2 Å². The summed E-state index contributed by atoms with van der Waals surface area (Å²) in [6.45, 7) is 2.19. The summed E-state index contributed by atoms with van der Waals surface area (Å²) in [5, 5.41) is 0. The van der Waals surface area contributed by atoms with Gasteiger partial charge in [-0.2, -0.15) is 26.3 Å². The number of aryl methyl sites for hydroxylation is 2. The van der Waals surface area contributed by atoms with Crippen LogP contribution in [0.5, 0.6) is 5.75 Å². The molecular weight excluding hydrogens is 422 g/mol. The highest BCUT2D eigenvalue weighted by Gasteiger charge is 2.74. The van der Waals surface area contributed by atoms with Crippen LogP contribution >= 0.6 is 0 Å². The zero-order valence-corrected chi connectivity index (χ0v) is 14.7. The van der Waals surface area contributed by atoms with Crippen LogP contribution in [0.3, 0.4) is 0 Å². The highest BCUT2D eigenvalue weighted by molar-refractivity contribution is 5.78. The Morgan fingerprint density at radius 2 is 1.24 bits per heavy atom. The smallest absolute Gasteiger partial charge is 0.405 e. The Labute approximate surface area is 157 Å². The number of halogens is 10. The Morgan fingerprint density at radius 3 is 1.72 bits per heavy atom. The molecule has 0 spiro atoms. The van der Waals surface area contributed by atoms with E-state index in [-0.39, 0.29) is 11.1 Å². The summed E-state index contributed by atoms with van der Waals surface area (Å²) in [7, 11) is 0. The minimum absolute atomic E-state index is 0.147. The van der Waals surface area contributed by atoms with Crippen LogP contribution in [0.25, 0.3) is 11.1 Å². The molecule has 160 valence electrons. The van der Waals surface area contributed by atoms with Crippen molar-refractivity contribution >= 4 is 0 Å².